The Labute approximate surface area is 123 Å². The SMILES string of the molecule is Cc1ccc(C2NCC(=O)N2C(C)CCS(C)=O)cc1. The Kier molecular flexibility index (Phi) is 4.94. The van der Waals surface area contributed by atoms with Crippen molar-refractivity contribution in [3.05, 3.63) is 35.4 Å². The average molecular weight is 294 g/mol. The standard InChI is InChI=1S/C15H22N2O2S/c1-11-4-6-13(7-5-11)15-16-10-14(18)17(15)12(2)8-9-20(3)19/h4-7,12,15-16H,8-10H2,1-3H3. The summed E-state index contributed by atoms with van der Waals surface area (Å²) in [5.74, 6) is 0.746. The molecule has 110 valence electrons. The molecule has 1 aliphatic heterocycles. The first-order valence-electron chi connectivity index (χ1n) is 6.90. The maximum Gasteiger partial charge on any atom is 0.238 e. The lowest BCUT2D eigenvalue weighted by molar-refractivity contribution is -0.130. The van der Waals surface area contributed by atoms with Gasteiger partial charge in [-0.1, -0.05) is 29.8 Å². The fraction of sp³-hybridized carbons (Fsp3) is 0.533. The molecule has 1 fully saturated rings. The number of carbonyl (C=O) groups is 1. The second-order valence-electron chi connectivity index (χ2n) is 5.41. The van der Waals surface area contributed by atoms with Gasteiger partial charge >= 0.3 is 0 Å². The van der Waals surface area contributed by atoms with E-state index in [9.17, 15) is 9.00 Å². The van der Waals surface area contributed by atoms with Crippen molar-refractivity contribution in [1.82, 2.24) is 10.2 Å². The number of benzene rings is 1. The molecule has 2 rings (SSSR count). The van der Waals surface area contributed by atoms with Crippen LogP contribution >= 0.6 is 0 Å². The molecule has 1 aliphatic rings. The van der Waals surface area contributed by atoms with Crippen LogP contribution in [-0.2, 0) is 15.6 Å². The lowest BCUT2D eigenvalue weighted by Gasteiger charge is -2.30. The summed E-state index contributed by atoms with van der Waals surface area (Å²) in [4.78, 5) is 14.0. The minimum atomic E-state index is -0.815. The fourth-order valence-corrected chi connectivity index (χ4v) is 3.19. The summed E-state index contributed by atoms with van der Waals surface area (Å²) in [5.41, 5.74) is 2.31. The molecule has 0 aromatic heterocycles. The number of aryl methyl sites for hydroxylation is 1. The van der Waals surface area contributed by atoms with E-state index in [1.165, 1.54) is 5.56 Å². The first kappa shape index (κ1) is 15.2. The summed E-state index contributed by atoms with van der Waals surface area (Å²) >= 11 is 0. The largest absolute Gasteiger partial charge is 0.319 e. The van der Waals surface area contributed by atoms with Gasteiger partial charge in [-0.25, -0.2) is 0 Å². The molecule has 20 heavy (non-hydrogen) atoms. The number of rotatable bonds is 5. The van der Waals surface area contributed by atoms with Crippen LogP contribution in [0.2, 0.25) is 0 Å². The van der Waals surface area contributed by atoms with E-state index in [2.05, 4.69) is 29.6 Å². The van der Waals surface area contributed by atoms with Gasteiger partial charge in [-0.3, -0.25) is 14.3 Å². The molecule has 3 unspecified atom stereocenters. The molecule has 3 atom stereocenters. The Bertz CT molecular complexity index is 501. The highest BCUT2D eigenvalue weighted by Crippen LogP contribution is 2.26. The summed E-state index contributed by atoms with van der Waals surface area (Å²) < 4.78 is 11.2. The van der Waals surface area contributed by atoms with Gasteiger partial charge in [0.15, 0.2) is 0 Å². The van der Waals surface area contributed by atoms with Gasteiger partial charge in [0.2, 0.25) is 5.91 Å². The minimum Gasteiger partial charge on any atom is -0.319 e. The third kappa shape index (κ3) is 3.46. The Hall–Kier alpha value is -1.20. The summed E-state index contributed by atoms with van der Waals surface area (Å²) in [6, 6.07) is 8.33. The van der Waals surface area contributed by atoms with E-state index < -0.39 is 10.8 Å². The summed E-state index contributed by atoms with van der Waals surface area (Å²) in [6.07, 6.45) is 2.40. The molecular formula is C15H22N2O2S. The Morgan fingerprint density at radius 2 is 2.05 bits per heavy atom. The van der Waals surface area contributed by atoms with E-state index in [-0.39, 0.29) is 18.1 Å². The summed E-state index contributed by atoms with van der Waals surface area (Å²) in [5, 5.41) is 3.26. The van der Waals surface area contributed by atoms with Crippen LogP contribution in [0.3, 0.4) is 0 Å². The number of nitrogens with one attached hydrogen (secondary N) is 1. The summed E-state index contributed by atoms with van der Waals surface area (Å²) in [6.45, 7) is 4.45. The number of amides is 1. The monoisotopic (exact) mass is 294 g/mol. The molecule has 1 aromatic carbocycles. The third-order valence-electron chi connectivity index (χ3n) is 3.70. The van der Waals surface area contributed by atoms with Crippen LogP contribution in [0.5, 0.6) is 0 Å². The molecule has 1 N–H and O–H groups in total. The Morgan fingerprint density at radius 1 is 1.40 bits per heavy atom. The molecule has 1 heterocycles. The van der Waals surface area contributed by atoms with Crippen molar-refractivity contribution in [3.8, 4) is 0 Å². The van der Waals surface area contributed by atoms with Gasteiger partial charge in [-0.05, 0) is 25.8 Å². The third-order valence-corrected chi connectivity index (χ3v) is 4.51. The predicted molar refractivity (Wildman–Crippen MR) is 81.8 cm³/mol. The van der Waals surface area contributed by atoms with Crippen molar-refractivity contribution in [2.45, 2.75) is 32.5 Å². The van der Waals surface area contributed by atoms with Crippen LogP contribution in [0, 0.1) is 6.92 Å². The van der Waals surface area contributed by atoms with E-state index in [1.54, 1.807) is 6.26 Å². The molecule has 1 aromatic rings. The highest BCUT2D eigenvalue weighted by molar-refractivity contribution is 7.84. The fourth-order valence-electron chi connectivity index (χ4n) is 2.52. The second kappa shape index (κ2) is 6.50. The second-order valence-corrected chi connectivity index (χ2v) is 6.96. The van der Waals surface area contributed by atoms with Crippen molar-refractivity contribution in [2.24, 2.45) is 0 Å². The maximum atomic E-state index is 12.1. The molecule has 5 heteroatoms. The van der Waals surface area contributed by atoms with Gasteiger partial charge in [0, 0.05) is 28.9 Å². The molecule has 0 spiro atoms. The normalized spacial score (nSPS) is 22.1. The van der Waals surface area contributed by atoms with Gasteiger partial charge in [0.25, 0.3) is 0 Å². The van der Waals surface area contributed by atoms with Gasteiger partial charge in [-0.15, -0.1) is 0 Å². The molecule has 0 radical (unpaired) electrons. The van der Waals surface area contributed by atoms with E-state index in [0.717, 1.165) is 12.0 Å². The van der Waals surface area contributed by atoms with E-state index in [0.29, 0.717) is 12.3 Å². The molecule has 0 aliphatic carbocycles. The lowest BCUT2D eigenvalue weighted by atomic mass is 10.1. The van der Waals surface area contributed by atoms with Gasteiger partial charge < -0.3 is 4.90 Å². The van der Waals surface area contributed by atoms with Crippen molar-refractivity contribution < 1.29 is 9.00 Å². The van der Waals surface area contributed by atoms with Crippen LogP contribution in [0.25, 0.3) is 0 Å². The number of hydrogen-bond donors (Lipinski definition) is 1. The topological polar surface area (TPSA) is 49.4 Å². The number of carbonyl (C=O) groups excluding carboxylic acids is 1. The van der Waals surface area contributed by atoms with E-state index >= 15 is 0 Å². The maximum absolute atomic E-state index is 12.1. The van der Waals surface area contributed by atoms with Gasteiger partial charge in [0.05, 0.1) is 6.54 Å². The van der Waals surface area contributed by atoms with Crippen LogP contribution in [0.1, 0.15) is 30.6 Å². The first-order chi connectivity index (χ1) is 9.49. The minimum absolute atomic E-state index is 0.0663. The number of hydrogen-bond acceptors (Lipinski definition) is 3. The quantitative estimate of drug-likeness (QED) is 0.897. The molecule has 0 bridgehead atoms. The Balaban J connectivity index is 2.13. The summed E-state index contributed by atoms with van der Waals surface area (Å²) in [7, 11) is -0.815. The molecule has 1 saturated heterocycles. The molecular weight excluding hydrogens is 272 g/mol. The average Bonchev–Trinajstić information content (AvgIpc) is 2.79. The van der Waals surface area contributed by atoms with Crippen molar-refractivity contribution in [3.63, 3.8) is 0 Å². The highest BCUT2D eigenvalue weighted by atomic mass is 32.2. The van der Waals surface area contributed by atoms with Crippen molar-refractivity contribution >= 4 is 16.7 Å². The zero-order chi connectivity index (χ0) is 14.7. The predicted octanol–water partition coefficient (Wildman–Crippen LogP) is 1.58. The van der Waals surface area contributed by atoms with E-state index in [4.69, 9.17) is 0 Å². The van der Waals surface area contributed by atoms with Crippen LogP contribution < -0.4 is 5.32 Å². The lowest BCUT2D eigenvalue weighted by Crippen LogP contribution is -2.38. The van der Waals surface area contributed by atoms with E-state index in [1.807, 2.05) is 18.7 Å². The Morgan fingerprint density at radius 3 is 2.65 bits per heavy atom. The van der Waals surface area contributed by atoms with Crippen molar-refractivity contribution in [2.75, 3.05) is 18.6 Å². The van der Waals surface area contributed by atoms with Crippen molar-refractivity contribution in [1.29, 1.82) is 0 Å². The van der Waals surface area contributed by atoms with Gasteiger partial charge in [-0.2, -0.15) is 0 Å². The zero-order valence-corrected chi connectivity index (χ0v) is 13.1. The smallest absolute Gasteiger partial charge is 0.238 e. The molecule has 4 nitrogen and oxygen atoms in total. The molecule has 0 saturated carbocycles. The van der Waals surface area contributed by atoms with Gasteiger partial charge in [0.1, 0.15) is 6.17 Å². The van der Waals surface area contributed by atoms with Crippen LogP contribution in [0.4, 0.5) is 0 Å². The molecule has 1 amide bonds. The van der Waals surface area contributed by atoms with Crippen LogP contribution in [-0.4, -0.2) is 39.6 Å². The first-order valence-corrected chi connectivity index (χ1v) is 8.63. The number of nitrogens with zero attached hydrogens (tertiary/aromatic N) is 1. The zero-order valence-electron chi connectivity index (χ0n) is 12.3. The highest BCUT2D eigenvalue weighted by Gasteiger charge is 2.34. The van der Waals surface area contributed by atoms with Crippen LogP contribution in [0.15, 0.2) is 24.3 Å².